The Hall–Kier alpha value is -1.48. The molecule has 100 valence electrons. The molecule has 0 amide bonds. The fourth-order valence-corrected chi connectivity index (χ4v) is 1.97. The van der Waals surface area contributed by atoms with Crippen molar-refractivity contribution < 1.29 is 13.2 Å². The van der Waals surface area contributed by atoms with Crippen molar-refractivity contribution in [2.45, 2.75) is 18.0 Å². The molecule has 0 heterocycles. The number of hydrogen-bond donors (Lipinski definition) is 0. The summed E-state index contributed by atoms with van der Waals surface area (Å²) in [5, 5.41) is -1.95. The predicted molar refractivity (Wildman–Crippen MR) is 70.3 cm³/mol. The summed E-state index contributed by atoms with van der Waals surface area (Å²) in [6.07, 6.45) is -3.72. The zero-order chi connectivity index (χ0) is 13.9. The second-order valence-electron chi connectivity index (χ2n) is 4.31. The molecule has 2 rings (SSSR count). The van der Waals surface area contributed by atoms with E-state index >= 15 is 0 Å². The first-order valence-corrected chi connectivity index (χ1v) is 6.24. The van der Waals surface area contributed by atoms with Gasteiger partial charge in [-0.1, -0.05) is 54.6 Å². The molecule has 0 nitrogen and oxygen atoms in total. The lowest BCUT2D eigenvalue weighted by atomic mass is 10.0. The van der Waals surface area contributed by atoms with Crippen LogP contribution in [0.3, 0.4) is 0 Å². The number of rotatable bonds is 3. The Morgan fingerprint density at radius 3 is 1.89 bits per heavy atom. The molecule has 0 saturated carbocycles. The molecule has 0 bridgehead atoms. The molecule has 0 aliphatic heterocycles. The Morgan fingerprint density at radius 1 is 0.842 bits per heavy atom. The summed E-state index contributed by atoms with van der Waals surface area (Å²) < 4.78 is 37.4. The van der Waals surface area contributed by atoms with Crippen LogP contribution in [-0.4, -0.2) is 6.18 Å². The zero-order valence-corrected chi connectivity index (χ0v) is 10.7. The summed E-state index contributed by atoms with van der Waals surface area (Å²) in [6, 6.07) is 16.0. The standard InChI is InChI=1S/C15H12ClF3/c16-14(15(17,18)19)13-8-6-12(7-9-13)10-11-4-2-1-3-5-11/h1-9,14H,10H2. The molecule has 0 aliphatic carbocycles. The molecule has 0 aromatic heterocycles. The van der Waals surface area contributed by atoms with Gasteiger partial charge in [-0.25, -0.2) is 0 Å². The Kier molecular flexibility index (Phi) is 4.15. The van der Waals surface area contributed by atoms with Gasteiger partial charge in [0, 0.05) is 0 Å². The molecule has 19 heavy (non-hydrogen) atoms. The van der Waals surface area contributed by atoms with Crippen LogP contribution in [0.25, 0.3) is 0 Å². The van der Waals surface area contributed by atoms with Crippen molar-refractivity contribution in [1.29, 1.82) is 0 Å². The second kappa shape index (κ2) is 5.66. The first kappa shape index (κ1) is 13.9. The molecule has 1 unspecified atom stereocenters. The van der Waals surface area contributed by atoms with E-state index in [1.54, 1.807) is 12.1 Å². The summed E-state index contributed by atoms with van der Waals surface area (Å²) in [6.45, 7) is 0. The van der Waals surface area contributed by atoms with Crippen LogP contribution in [0.5, 0.6) is 0 Å². The zero-order valence-electron chi connectivity index (χ0n) is 9.99. The number of hydrogen-bond acceptors (Lipinski definition) is 0. The van der Waals surface area contributed by atoms with E-state index in [1.165, 1.54) is 12.1 Å². The van der Waals surface area contributed by atoms with Crippen LogP contribution in [0.1, 0.15) is 22.1 Å². The lowest BCUT2D eigenvalue weighted by molar-refractivity contribution is -0.131. The normalized spacial score (nSPS) is 13.3. The Morgan fingerprint density at radius 2 is 1.37 bits per heavy atom. The molecule has 0 saturated heterocycles. The minimum absolute atomic E-state index is 0.0750. The molecule has 1 atom stereocenters. The van der Waals surface area contributed by atoms with Crippen LogP contribution in [0.2, 0.25) is 0 Å². The molecule has 4 heteroatoms. The van der Waals surface area contributed by atoms with Crippen LogP contribution in [0, 0.1) is 0 Å². The van der Waals surface area contributed by atoms with Gasteiger partial charge < -0.3 is 0 Å². The molecular formula is C15H12ClF3. The smallest absolute Gasteiger partial charge is 0.169 e. The summed E-state index contributed by atoms with van der Waals surface area (Å²) in [5.41, 5.74) is 2.15. The highest BCUT2D eigenvalue weighted by Gasteiger charge is 2.39. The largest absolute Gasteiger partial charge is 0.408 e. The van der Waals surface area contributed by atoms with Crippen molar-refractivity contribution >= 4 is 11.6 Å². The van der Waals surface area contributed by atoms with Crippen molar-refractivity contribution in [1.82, 2.24) is 0 Å². The topological polar surface area (TPSA) is 0 Å². The first-order valence-electron chi connectivity index (χ1n) is 5.80. The highest BCUT2D eigenvalue weighted by molar-refractivity contribution is 6.21. The maximum atomic E-state index is 12.5. The molecule has 2 aromatic carbocycles. The third-order valence-corrected chi connectivity index (χ3v) is 3.31. The van der Waals surface area contributed by atoms with Gasteiger partial charge in [-0.3, -0.25) is 0 Å². The van der Waals surface area contributed by atoms with Crippen LogP contribution in [0.15, 0.2) is 54.6 Å². The average Bonchev–Trinajstić information content (AvgIpc) is 2.39. The van der Waals surface area contributed by atoms with Crippen LogP contribution < -0.4 is 0 Å². The van der Waals surface area contributed by atoms with E-state index in [1.807, 2.05) is 30.3 Å². The number of benzene rings is 2. The summed E-state index contributed by atoms with van der Waals surface area (Å²) in [7, 11) is 0. The van der Waals surface area contributed by atoms with E-state index < -0.39 is 11.6 Å². The third kappa shape index (κ3) is 3.74. The van der Waals surface area contributed by atoms with E-state index in [2.05, 4.69) is 0 Å². The third-order valence-electron chi connectivity index (χ3n) is 2.81. The Bertz CT molecular complexity index is 517. The summed E-state index contributed by atoms with van der Waals surface area (Å²) in [4.78, 5) is 0. The average molecular weight is 285 g/mol. The van der Waals surface area contributed by atoms with E-state index in [4.69, 9.17) is 11.6 Å². The minimum atomic E-state index is -4.41. The van der Waals surface area contributed by atoms with Crippen LogP contribution in [0.4, 0.5) is 13.2 Å². The van der Waals surface area contributed by atoms with Crippen molar-refractivity contribution in [2.24, 2.45) is 0 Å². The van der Waals surface area contributed by atoms with Crippen LogP contribution in [-0.2, 0) is 6.42 Å². The molecular weight excluding hydrogens is 273 g/mol. The Labute approximate surface area is 114 Å². The number of alkyl halides is 4. The van der Waals surface area contributed by atoms with Crippen molar-refractivity contribution in [2.75, 3.05) is 0 Å². The maximum absolute atomic E-state index is 12.5. The SMILES string of the molecule is FC(F)(F)C(Cl)c1ccc(Cc2ccccc2)cc1. The van der Waals surface area contributed by atoms with Gasteiger partial charge >= 0.3 is 6.18 Å². The lowest BCUT2D eigenvalue weighted by Crippen LogP contribution is -2.15. The van der Waals surface area contributed by atoms with E-state index in [9.17, 15) is 13.2 Å². The molecule has 0 radical (unpaired) electrons. The van der Waals surface area contributed by atoms with Gasteiger partial charge in [-0.2, -0.15) is 13.2 Å². The molecule has 0 fully saturated rings. The van der Waals surface area contributed by atoms with Crippen molar-refractivity contribution in [3.8, 4) is 0 Å². The fourth-order valence-electron chi connectivity index (χ4n) is 1.82. The Balaban J connectivity index is 2.11. The first-order chi connectivity index (χ1) is 8.97. The second-order valence-corrected chi connectivity index (χ2v) is 4.74. The van der Waals surface area contributed by atoms with Crippen molar-refractivity contribution in [3.05, 3.63) is 71.3 Å². The van der Waals surface area contributed by atoms with Gasteiger partial charge in [-0.05, 0) is 23.1 Å². The molecule has 0 N–H and O–H groups in total. The van der Waals surface area contributed by atoms with Gasteiger partial charge in [0.2, 0.25) is 0 Å². The van der Waals surface area contributed by atoms with Gasteiger partial charge in [-0.15, -0.1) is 11.6 Å². The van der Waals surface area contributed by atoms with Gasteiger partial charge in [0.25, 0.3) is 0 Å². The van der Waals surface area contributed by atoms with E-state index in [0.717, 1.165) is 11.1 Å². The summed E-state index contributed by atoms with van der Waals surface area (Å²) >= 11 is 5.37. The maximum Gasteiger partial charge on any atom is 0.408 e. The molecule has 0 aliphatic rings. The fraction of sp³-hybridized carbons (Fsp3) is 0.200. The lowest BCUT2D eigenvalue weighted by Gasteiger charge is -2.14. The number of halogens is 4. The highest BCUT2D eigenvalue weighted by atomic mass is 35.5. The van der Waals surface area contributed by atoms with Gasteiger partial charge in [0.1, 0.15) is 0 Å². The predicted octanol–water partition coefficient (Wildman–Crippen LogP) is 5.12. The van der Waals surface area contributed by atoms with E-state index in [0.29, 0.717) is 6.42 Å². The van der Waals surface area contributed by atoms with Gasteiger partial charge in [0.05, 0.1) is 0 Å². The van der Waals surface area contributed by atoms with Crippen molar-refractivity contribution in [3.63, 3.8) is 0 Å². The highest BCUT2D eigenvalue weighted by Crippen LogP contribution is 2.37. The molecule has 2 aromatic rings. The molecule has 0 spiro atoms. The van der Waals surface area contributed by atoms with Crippen LogP contribution >= 0.6 is 11.6 Å². The van der Waals surface area contributed by atoms with Gasteiger partial charge in [0.15, 0.2) is 5.38 Å². The monoisotopic (exact) mass is 284 g/mol. The summed E-state index contributed by atoms with van der Waals surface area (Å²) in [5.74, 6) is 0. The minimum Gasteiger partial charge on any atom is -0.169 e. The van der Waals surface area contributed by atoms with E-state index in [-0.39, 0.29) is 5.56 Å². The quantitative estimate of drug-likeness (QED) is 0.686.